The summed E-state index contributed by atoms with van der Waals surface area (Å²) in [6.45, 7) is 5.05. The van der Waals surface area contributed by atoms with Crippen LogP contribution in [0.4, 0.5) is 4.79 Å². The van der Waals surface area contributed by atoms with Crippen LogP contribution in [-0.2, 0) is 17.8 Å². The number of carbonyl (C=O) groups excluding carboxylic acids is 1. The molecule has 2 aromatic carbocycles. The third kappa shape index (κ3) is 3.64. The maximum Gasteiger partial charge on any atom is 0.410 e. The first-order chi connectivity index (χ1) is 13.6. The van der Waals surface area contributed by atoms with E-state index in [0.29, 0.717) is 18.0 Å². The van der Waals surface area contributed by atoms with E-state index in [4.69, 9.17) is 14.2 Å². The van der Waals surface area contributed by atoms with Crippen molar-refractivity contribution >= 4 is 6.09 Å². The predicted octanol–water partition coefficient (Wildman–Crippen LogP) is 3.22. The molecule has 1 amide bonds. The number of fused-ring (bicyclic) bond motifs is 1. The van der Waals surface area contributed by atoms with Crippen molar-refractivity contribution in [3.63, 3.8) is 0 Å². The molecule has 28 heavy (non-hydrogen) atoms. The van der Waals surface area contributed by atoms with E-state index in [-0.39, 0.29) is 18.2 Å². The summed E-state index contributed by atoms with van der Waals surface area (Å²) in [4.78, 5) is 16.6. The van der Waals surface area contributed by atoms with Gasteiger partial charge in [0.25, 0.3) is 0 Å². The van der Waals surface area contributed by atoms with Gasteiger partial charge in [0.15, 0.2) is 11.5 Å². The van der Waals surface area contributed by atoms with E-state index in [1.54, 1.807) is 14.2 Å². The van der Waals surface area contributed by atoms with Crippen molar-refractivity contribution in [1.29, 1.82) is 0 Å². The first-order valence-electron chi connectivity index (χ1n) is 9.53. The van der Waals surface area contributed by atoms with E-state index in [0.717, 1.165) is 25.2 Å². The van der Waals surface area contributed by atoms with Gasteiger partial charge in [-0.3, -0.25) is 9.80 Å². The average molecular weight is 382 g/mol. The third-order valence-corrected chi connectivity index (χ3v) is 5.53. The molecule has 0 unspecified atom stereocenters. The van der Waals surface area contributed by atoms with Crippen molar-refractivity contribution in [2.75, 3.05) is 27.3 Å². The number of hydrogen-bond donors (Lipinski definition) is 0. The first kappa shape index (κ1) is 18.6. The summed E-state index contributed by atoms with van der Waals surface area (Å²) in [6, 6.07) is 14.4. The second kappa shape index (κ2) is 7.72. The van der Waals surface area contributed by atoms with Crippen LogP contribution >= 0.6 is 0 Å². The molecular weight excluding hydrogens is 356 g/mol. The lowest BCUT2D eigenvalue weighted by Gasteiger charge is -2.23. The Labute approximate surface area is 165 Å². The quantitative estimate of drug-likeness (QED) is 0.768. The van der Waals surface area contributed by atoms with E-state index in [9.17, 15) is 4.79 Å². The zero-order valence-electron chi connectivity index (χ0n) is 16.6. The summed E-state index contributed by atoms with van der Waals surface area (Å²) in [6.07, 6.45) is -0.308. The third-order valence-electron chi connectivity index (χ3n) is 5.53. The fraction of sp³-hybridized carbons (Fsp3) is 0.409. The van der Waals surface area contributed by atoms with Crippen LogP contribution in [0.5, 0.6) is 11.5 Å². The molecule has 6 nitrogen and oxygen atoms in total. The Morgan fingerprint density at radius 2 is 1.68 bits per heavy atom. The molecule has 0 aliphatic carbocycles. The topological polar surface area (TPSA) is 51.2 Å². The Bertz CT molecular complexity index is 852. The van der Waals surface area contributed by atoms with Crippen LogP contribution in [0.3, 0.4) is 0 Å². The monoisotopic (exact) mass is 382 g/mol. The molecule has 2 atom stereocenters. The summed E-state index contributed by atoms with van der Waals surface area (Å²) in [7, 11) is 3.23. The van der Waals surface area contributed by atoms with Crippen molar-refractivity contribution in [3.05, 3.63) is 59.2 Å². The van der Waals surface area contributed by atoms with E-state index in [2.05, 4.69) is 36.1 Å². The Balaban J connectivity index is 1.44. The van der Waals surface area contributed by atoms with Gasteiger partial charge in [-0.25, -0.2) is 4.79 Å². The summed E-state index contributed by atoms with van der Waals surface area (Å²) in [5.41, 5.74) is 3.53. The second-order valence-electron chi connectivity index (χ2n) is 7.49. The number of methoxy groups -OCH3 is 2. The average Bonchev–Trinajstić information content (AvgIpc) is 3.21. The number of nitrogens with zero attached hydrogens (tertiary/aromatic N) is 2. The maximum absolute atomic E-state index is 12.4. The lowest BCUT2D eigenvalue weighted by atomic mass is 10.1. The van der Waals surface area contributed by atoms with Gasteiger partial charge in [0.05, 0.1) is 20.3 Å². The summed E-state index contributed by atoms with van der Waals surface area (Å²) in [5, 5.41) is 0. The van der Waals surface area contributed by atoms with E-state index in [1.807, 2.05) is 23.1 Å². The zero-order chi connectivity index (χ0) is 19.7. The molecule has 0 radical (unpaired) electrons. The molecule has 2 aliphatic rings. The number of rotatable bonds is 6. The van der Waals surface area contributed by atoms with Gasteiger partial charge in [0.2, 0.25) is 0 Å². The number of benzene rings is 2. The zero-order valence-corrected chi connectivity index (χ0v) is 16.6. The number of carbonyl (C=O) groups is 1. The summed E-state index contributed by atoms with van der Waals surface area (Å²) in [5.74, 6) is 1.34. The molecular formula is C22H26N2O4. The molecule has 0 spiro atoms. The van der Waals surface area contributed by atoms with Crippen molar-refractivity contribution in [2.24, 2.45) is 0 Å². The Kier molecular flexibility index (Phi) is 5.13. The number of likely N-dealkylation sites (tertiary alicyclic amines) is 1. The SMILES string of the molecule is COc1ccc(CN2C(=O)O[C@H]3CN(Cc4ccc(C)cc4)C[C@H]32)cc1OC. The molecule has 0 aromatic heterocycles. The Morgan fingerprint density at radius 1 is 0.964 bits per heavy atom. The van der Waals surface area contributed by atoms with Crippen LogP contribution in [0.1, 0.15) is 16.7 Å². The van der Waals surface area contributed by atoms with Gasteiger partial charge in [0.1, 0.15) is 6.10 Å². The fourth-order valence-electron chi connectivity index (χ4n) is 4.02. The highest BCUT2D eigenvalue weighted by Gasteiger charge is 2.47. The van der Waals surface area contributed by atoms with Gasteiger partial charge < -0.3 is 14.2 Å². The van der Waals surface area contributed by atoms with Gasteiger partial charge in [-0.1, -0.05) is 35.9 Å². The van der Waals surface area contributed by atoms with Crippen LogP contribution in [0.25, 0.3) is 0 Å². The molecule has 148 valence electrons. The lowest BCUT2D eigenvalue weighted by molar-refractivity contribution is 0.119. The molecule has 0 N–H and O–H groups in total. The van der Waals surface area contributed by atoms with E-state index >= 15 is 0 Å². The molecule has 2 aromatic rings. The highest BCUT2D eigenvalue weighted by molar-refractivity contribution is 5.71. The number of hydrogen-bond acceptors (Lipinski definition) is 5. The minimum Gasteiger partial charge on any atom is -0.493 e. The van der Waals surface area contributed by atoms with Crippen LogP contribution in [-0.4, -0.2) is 55.3 Å². The minimum absolute atomic E-state index is 0.0712. The fourth-order valence-corrected chi connectivity index (χ4v) is 4.02. The van der Waals surface area contributed by atoms with Gasteiger partial charge in [-0.05, 0) is 30.2 Å². The molecule has 6 heteroatoms. The van der Waals surface area contributed by atoms with Crippen LogP contribution in [0.2, 0.25) is 0 Å². The molecule has 0 saturated carbocycles. The molecule has 4 rings (SSSR count). The van der Waals surface area contributed by atoms with Gasteiger partial charge in [-0.2, -0.15) is 0 Å². The largest absolute Gasteiger partial charge is 0.493 e. The molecule has 2 heterocycles. The molecule has 2 saturated heterocycles. The highest BCUT2D eigenvalue weighted by atomic mass is 16.6. The van der Waals surface area contributed by atoms with Crippen molar-refractivity contribution < 1.29 is 19.0 Å². The molecule has 0 bridgehead atoms. The van der Waals surface area contributed by atoms with Crippen molar-refractivity contribution in [1.82, 2.24) is 9.80 Å². The smallest absolute Gasteiger partial charge is 0.410 e. The highest BCUT2D eigenvalue weighted by Crippen LogP contribution is 2.32. The molecule has 2 fully saturated rings. The van der Waals surface area contributed by atoms with E-state index in [1.165, 1.54) is 11.1 Å². The van der Waals surface area contributed by atoms with E-state index < -0.39 is 0 Å². The molecule has 2 aliphatic heterocycles. The van der Waals surface area contributed by atoms with Gasteiger partial charge in [0, 0.05) is 26.2 Å². The number of amides is 1. The first-order valence-corrected chi connectivity index (χ1v) is 9.53. The van der Waals surface area contributed by atoms with Gasteiger partial charge in [-0.15, -0.1) is 0 Å². The van der Waals surface area contributed by atoms with Crippen LogP contribution < -0.4 is 9.47 Å². The van der Waals surface area contributed by atoms with Crippen LogP contribution in [0, 0.1) is 6.92 Å². The normalized spacial score (nSPS) is 21.5. The number of ether oxygens (including phenoxy) is 3. The minimum atomic E-state index is -0.236. The van der Waals surface area contributed by atoms with Crippen molar-refractivity contribution in [3.8, 4) is 11.5 Å². The van der Waals surface area contributed by atoms with Crippen molar-refractivity contribution in [2.45, 2.75) is 32.2 Å². The predicted molar refractivity (Wildman–Crippen MR) is 106 cm³/mol. The Hall–Kier alpha value is -2.73. The summed E-state index contributed by atoms with van der Waals surface area (Å²) < 4.78 is 16.3. The summed E-state index contributed by atoms with van der Waals surface area (Å²) >= 11 is 0. The second-order valence-corrected chi connectivity index (χ2v) is 7.49. The van der Waals surface area contributed by atoms with Crippen LogP contribution in [0.15, 0.2) is 42.5 Å². The maximum atomic E-state index is 12.4. The number of aryl methyl sites for hydroxylation is 1. The Morgan fingerprint density at radius 3 is 2.39 bits per heavy atom. The van der Waals surface area contributed by atoms with Gasteiger partial charge >= 0.3 is 6.09 Å². The standard InChI is InChI=1S/C22H26N2O4/c1-15-4-6-16(7-5-15)11-23-13-18-21(14-23)28-22(25)24(18)12-17-8-9-19(26-2)20(10-17)27-3/h4-10,18,21H,11-14H2,1-3H3/t18-,21+/m1/s1. The lowest BCUT2D eigenvalue weighted by Crippen LogP contribution is -2.37.